The number of halogens is 1. The monoisotopic (exact) mass is 289 g/mol. The van der Waals surface area contributed by atoms with Crippen molar-refractivity contribution >= 4 is 32.4 Å². The first-order valence-electron chi connectivity index (χ1n) is 4.88. The topological polar surface area (TPSA) is 43.1 Å². The highest BCUT2D eigenvalue weighted by Gasteiger charge is 2.07. The van der Waals surface area contributed by atoms with Crippen LogP contribution in [0.1, 0.15) is 19.4 Å². The van der Waals surface area contributed by atoms with Gasteiger partial charge in [0.15, 0.2) is 0 Å². The van der Waals surface area contributed by atoms with Crippen LogP contribution in [0.15, 0.2) is 22.7 Å². The van der Waals surface area contributed by atoms with Crippen LogP contribution in [0.3, 0.4) is 0 Å². The van der Waals surface area contributed by atoms with Gasteiger partial charge in [0, 0.05) is 26.7 Å². The Morgan fingerprint density at radius 3 is 2.67 bits per heavy atom. The van der Waals surface area contributed by atoms with Gasteiger partial charge in [-0.1, -0.05) is 35.8 Å². The van der Waals surface area contributed by atoms with E-state index in [1.165, 1.54) is 0 Å². The number of benzene rings is 1. The smallest absolute Gasteiger partial charge is 0.0506 e. The minimum atomic E-state index is -0.813. The molecule has 0 aliphatic heterocycles. The fraction of sp³-hybridized carbons (Fsp3) is 0.455. The molecule has 1 atom stereocenters. The summed E-state index contributed by atoms with van der Waals surface area (Å²) in [6, 6.07) is 5.71. The summed E-state index contributed by atoms with van der Waals surface area (Å²) in [7, 11) is -0.813. The normalized spacial score (nSPS) is 13.1. The van der Waals surface area contributed by atoms with Gasteiger partial charge in [0.2, 0.25) is 0 Å². The van der Waals surface area contributed by atoms with Gasteiger partial charge >= 0.3 is 0 Å². The summed E-state index contributed by atoms with van der Waals surface area (Å²) in [6.45, 7) is 4.14. The Balaban J connectivity index is 2.68. The molecule has 0 saturated carbocycles. The maximum atomic E-state index is 11.7. The quantitative estimate of drug-likeness (QED) is 0.866. The average molecular weight is 290 g/mol. The number of anilines is 1. The van der Waals surface area contributed by atoms with Crippen LogP contribution in [0.5, 0.6) is 0 Å². The summed E-state index contributed by atoms with van der Waals surface area (Å²) in [5.74, 6) is 1.75. The number of hydrogen-bond donors (Lipinski definition) is 1. The van der Waals surface area contributed by atoms with Crippen molar-refractivity contribution < 1.29 is 4.21 Å². The Hall–Kier alpha value is -0.350. The minimum absolute atomic E-state index is 0.461. The highest BCUT2D eigenvalue weighted by Crippen LogP contribution is 2.20. The van der Waals surface area contributed by atoms with Crippen molar-refractivity contribution in [3.05, 3.63) is 28.2 Å². The van der Waals surface area contributed by atoms with Crippen molar-refractivity contribution in [2.24, 2.45) is 5.92 Å². The van der Waals surface area contributed by atoms with Gasteiger partial charge in [-0.05, 0) is 23.6 Å². The number of rotatable bonds is 4. The fourth-order valence-corrected chi connectivity index (χ4v) is 3.15. The van der Waals surface area contributed by atoms with E-state index in [2.05, 4.69) is 29.8 Å². The number of nitrogens with two attached hydrogens (primary N) is 1. The molecule has 0 fully saturated rings. The predicted octanol–water partition coefficient (Wildman–Crippen LogP) is 2.94. The lowest BCUT2D eigenvalue weighted by Crippen LogP contribution is -2.08. The Morgan fingerprint density at radius 1 is 1.47 bits per heavy atom. The highest BCUT2D eigenvalue weighted by molar-refractivity contribution is 9.10. The molecule has 0 aliphatic carbocycles. The van der Waals surface area contributed by atoms with Crippen molar-refractivity contribution in [2.45, 2.75) is 19.6 Å². The maximum absolute atomic E-state index is 11.7. The molecule has 1 unspecified atom stereocenters. The molecule has 1 aromatic carbocycles. The lowest BCUT2D eigenvalue weighted by atomic mass is 10.2. The standard InChI is InChI=1S/C11H16BrNOS/c1-8(2)6-15(14)7-9-3-4-10(12)5-11(9)13/h3-5,8H,6-7,13H2,1-2H3. The van der Waals surface area contributed by atoms with Crippen LogP contribution in [0.4, 0.5) is 5.69 Å². The van der Waals surface area contributed by atoms with Gasteiger partial charge in [-0.3, -0.25) is 4.21 Å². The first-order valence-corrected chi connectivity index (χ1v) is 7.16. The fourth-order valence-electron chi connectivity index (χ4n) is 1.30. The molecule has 0 aromatic heterocycles. The molecule has 1 aromatic rings. The third-order valence-electron chi connectivity index (χ3n) is 1.94. The Labute approximate surface area is 102 Å². The minimum Gasteiger partial charge on any atom is -0.398 e. The van der Waals surface area contributed by atoms with Gasteiger partial charge in [-0.2, -0.15) is 0 Å². The highest BCUT2D eigenvalue weighted by atomic mass is 79.9. The van der Waals surface area contributed by atoms with E-state index in [-0.39, 0.29) is 0 Å². The second-order valence-corrected chi connectivity index (χ2v) is 6.41. The van der Waals surface area contributed by atoms with Gasteiger partial charge in [-0.25, -0.2) is 0 Å². The van der Waals surface area contributed by atoms with Crippen LogP contribution in [0, 0.1) is 5.92 Å². The molecule has 0 radical (unpaired) electrons. The second-order valence-electron chi connectivity index (χ2n) is 3.99. The molecule has 2 nitrogen and oxygen atoms in total. The van der Waals surface area contributed by atoms with Crippen molar-refractivity contribution in [2.75, 3.05) is 11.5 Å². The zero-order valence-corrected chi connectivity index (χ0v) is 11.4. The second kappa shape index (κ2) is 5.66. The molecular formula is C11H16BrNOS. The summed E-state index contributed by atoms with van der Waals surface area (Å²) in [4.78, 5) is 0. The molecule has 1 rings (SSSR count). The summed E-state index contributed by atoms with van der Waals surface area (Å²) in [6.07, 6.45) is 0. The van der Waals surface area contributed by atoms with Crippen LogP contribution in [-0.4, -0.2) is 9.96 Å². The van der Waals surface area contributed by atoms with Crippen LogP contribution in [0.25, 0.3) is 0 Å². The first-order chi connectivity index (χ1) is 6.99. The van der Waals surface area contributed by atoms with E-state index in [1.54, 1.807) is 0 Å². The van der Waals surface area contributed by atoms with Gasteiger partial charge in [-0.15, -0.1) is 0 Å². The van der Waals surface area contributed by atoms with E-state index >= 15 is 0 Å². The largest absolute Gasteiger partial charge is 0.398 e. The summed E-state index contributed by atoms with van der Waals surface area (Å²) in [5.41, 5.74) is 7.52. The molecule has 0 saturated heterocycles. The van der Waals surface area contributed by atoms with Crippen molar-refractivity contribution in [1.82, 2.24) is 0 Å². The predicted molar refractivity (Wildman–Crippen MR) is 70.1 cm³/mol. The summed E-state index contributed by atoms with van der Waals surface area (Å²) in [5, 5.41) is 0. The zero-order valence-electron chi connectivity index (χ0n) is 9.00. The van der Waals surface area contributed by atoms with Gasteiger partial charge in [0.05, 0.1) is 5.75 Å². The summed E-state index contributed by atoms with van der Waals surface area (Å²) < 4.78 is 12.7. The van der Waals surface area contributed by atoms with E-state index in [4.69, 9.17) is 5.73 Å². The molecule has 0 bridgehead atoms. The van der Waals surface area contributed by atoms with Crippen LogP contribution < -0.4 is 5.73 Å². The number of hydrogen-bond acceptors (Lipinski definition) is 2. The van der Waals surface area contributed by atoms with Crippen molar-refractivity contribution in [3.63, 3.8) is 0 Å². The van der Waals surface area contributed by atoms with Gasteiger partial charge in [0.25, 0.3) is 0 Å². The Morgan fingerprint density at radius 2 is 2.13 bits per heavy atom. The Bertz CT molecular complexity index is 366. The number of nitrogen functional groups attached to an aromatic ring is 1. The molecule has 4 heteroatoms. The third-order valence-corrected chi connectivity index (χ3v) is 4.11. The van der Waals surface area contributed by atoms with E-state index < -0.39 is 10.8 Å². The van der Waals surface area contributed by atoms with E-state index in [1.807, 2.05) is 18.2 Å². The molecular weight excluding hydrogens is 274 g/mol. The average Bonchev–Trinajstić information content (AvgIpc) is 2.08. The maximum Gasteiger partial charge on any atom is 0.0506 e. The lowest BCUT2D eigenvalue weighted by Gasteiger charge is -2.07. The van der Waals surface area contributed by atoms with Crippen molar-refractivity contribution in [3.8, 4) is 0 Å². The molecule has 84 valence electrons. The van der Waals surface area contributed by atoms with Crippen LogP contribution in [0.2, 0.25) is 0 Å². The van der Waals surface area contributed by atoms with E-state index in [0.717, 1.165) is 15.8 Å². The molecule has 15 heavy (non-hydrogen) atoms. The van der Waals surface area contributed by atoms with Gasteiger partial charge in [0.1, 0.15) is 0 Å². The zero-order chi connectivity index (χ0) is 11.4. The first kappa shape index (κ1) is 12.7. The Kier molecular flexibility index (Phi) is 4.80. The molecule has 2 N–H and O–H groups in total. The molecule has 0 amide bonds. The lowest BCUT2D eigenvalue weighted by molar-refractivity contribution is 0.664. The van der Waals surface area contributed by atoms with Gasteiger partial charge < -0.3 is 5.73 Å². The SMILES string of the molecule is CC(C)CS(=O)Cc1ccc(Br)cc1N. The van der Waals surface area contributed by atoms with Crippen LogP contribution in [-0.2, 0) is 16.6 Å². The molecule has 0 aliphatic rings. The van der Waals surface area contributed by atoms with E-state index in [0.29, 0.717) is 17.4 Å². The molecule has 0 spiro atoms. The van der Waals surface area contributed by atoms with E-state index in [9.17, 15) is 4.21 Å². The van der Waals surface area contributed by atoms with Crippen LogP contribution >= 0.6 is 15.9 Å². The third kappa shape index (κ3) is 4.34. The van der Waals surface area contributed by atoms with Crippen molar-refractivity contribution in [1.29, 1.82) is 0 Å². The summed E-state index contributed by atoms with van der Waals surface area (Å²) >= 11 is 3.35. The molecule has 0 heterocycles.